The van der Waals surface area contributed by atoms with Crippen molar-refractivity contribution < 1.29 is 13.2 Å². The molecule has 0 aliphatic carbocycles. The van der Waals surface area contributed by atoms with E-state index in [1.807, 2.05) is 31.2 Å². The van der Waals surface area contributed by atoms with Crippen molar-refractivity contribution >= 4 is 37.5 Å². The molecule has 2 aromatic rings. The van der Waals surface area contributed by atoms with Gasteiger partial charge in [0.2, 0.25) is 15.9 Å². The number of anilines is 1. The van der Waals surface area contributed by atoms with Gasteiger partial charge in [-0.15, -0.1) is 0 Å². The molecule has 1 unspecified atom stereocenters. The van der Waals surface area contributed by atoms with E-state index in [4.69, 9.17) is 0 Å². The van der Waals surface area contributed by atoms with Crippen LogP contribution in [0, 0.1) is 12.8 Å². The third-order valence-corrected chi connectivity index (χ3v) is 6.20. The van der Waals surface area contributed by atoms with Crippen LogP contribution in [0.5, 0.6) is 0 Å². The molecule has 0 bridgehead atoms. The molecule has 2 aromatic carbocycles. The minimum atomic E-state index is -3.57. The molecule has 0 saturated carbocycles. The van der Waals surface area contributed by atoms with E-state index >= 15 is 0 Å². The summed E-state index contributed by atoms with van der Waals surface area (Å²) in [7, 11) is -3.57. The van der Waals surface area contributed by atoms with Gasteiger partial charge in [-0.3, -0.25) is 4.79 Å². The van der Waals surface area contributed by atoms with Crippen LogP contribution in [-0.2, 0) is 14.8 Å². The van der Waals surface area contributed by atoms with Gasteiger partial charge in [-0.05, 0) is 49.2 Å². The highest BCUT2D eigenvalue weighted by atomic mass is 79.9. The molecule has 0 radical (unpaired) electrons. The summed E-state index contributed by atoms with van der Waals surface area (Å²) in [5.74, 6) is -0.0179. The fraction of sp³-hybridized carbons (Fsp3) is 0.278. The van der Waals surface area contributed by atoms with Gasteiger partial charge in [0.1, 0.15) is 0 Å². The first-order chi connectivity index (χ1) is 11.8. The number of rotatable bonds is 5. The van der Waals surface area contributed by atoms with Crippen LogP contribution in [0.3, 0.4) is 0 Å². The maximum atomic E-state index is 12.3. The number of nitrogens with one attached hydrogen (secondary N) is 1. The summed E-state index contributed by atoms with van der Waals surface area (Å²) in [6, 6.07) is 14.2. The molecule has 5 nitrogen and oxygen atoms in total. The van der Waals surface area contributed by atoms with E-state index in [2.05, 4.69) is 20.7 Å². The second-order valence-corrected chi connectivity index (χ2v) is 8.90. The molecule has 1 heterocycles. The third kappa shape index (κ3) is 4.29. The van der Waals surface area contributed by atoms with Crippen LogP contribution in [0.2, 0.25) is 0 Å². The van der Waals surface area contributed by atoms with Gasteiger partial charge in [-0.25, -0.2) is 13.1 Å². The van der Waals surface area contributed by atoms with Crippen LogP contribution >= 0.6 is 15.9 Å². The molecule has 3 rings (SSSR count). The molecule has 1 fully saturated rings. The summed E-state index contributed by atoms with van der Waals surface area (Å²) in [4.78, 5) is 14.2. The van der Waals surface area contributed by atoms with Crippen molar-refractivity contribution in [3.63, 3.8) is 0 Å². The Kier molecular flexibility index (Phi) is 5.27. The number of sulfonamides is 1. The monoisotopic (exact) mass is 422 g/mol. The van der Waals surface area contributed by atoms with Crippen molar-refractivity contribution in [2.75, 3.05) is 18.0 Å². The highest BCUT2D eigenvalue weighted by Gasteiger charge is 2.31. The van der Waals surface area contributed by atoms with Gasteiger partial charge in [0.05, 0.1) is 4.90 Å². The summed E-state index contributed by atoms with van der Waals surface area (Å²) in [5, 5.41) is 0. The Morgan fingerprint density at radius 1 is 1.12 bits per heavy atom. The minimum Gasteiger partial charge on any atom is -0.312 e. The average Bonchev–Trinajstić information content (AvgIpc) is 2.95. The largest absolute Gasteiger partial charge is 0.312 e. The van der Waals surface area contributed by atoms with E-state index in [0.717, 1.165) is 15.7 Å². The maximum absolute atomic E-state index is 12.3. The lowest BCUT2D eigenvalue weighted by Crippen LogP contribution is -2.31. The lowest BCUT2D eigenvalue weighted by atomic mass is 10.1. The predicted octanol–water partition coefficient (Wildman–Crippen LogP) is 3.09. The lowest BCUT2D eigenvalue weighted by Gasteiger charge is -2.17. The SMILES string of the molecule is Cc1ccc(N2CC(CNS(=O)(=O)c3ccc(Br)cc3)CC2=O)cc1. The quantitative estimate of drug-likeness (QED) is 0.804. The van der Waals surface area contributed by atoms with Gasteiger partial charge in [-0.2, -0.15) is 0 Å². The number of hydrogen-bond acceptors (Lipinski definition) is 3. The molecule has 0 aromatic heterocycles. The zero-order chi connectivity index (χ0) is 18.0. The molecule has 0 spiro atoms. The Hall–Kier alpha value is -1.70. The number of aryl methyl sites for hydroxylation is 1. The first-order valence-electron chi connectivity index (χ1n) is 7.97. The summed E-state index contributed by atoms with van der Waals surface area (Å²) in [5.41, 5.74) is 1.99. The van der Waals surface area contributed by atoms with E-state index < -0.39 is 10.0 Å². The fourth-order valence-corrected chi connectivity index (χ4v) is 4.20. The molecule has 1 N–H and O–H groups in total. The van der Waals surface area contributed by atoms with Crippen molar-refractivity contribution in [3.05, 3.63) is 58.6 Å². The Morgan fingerprint density at radius 2 is 1.76 bits per heavy atom. The van der Waals surface area contributed by atoms with Gasteiger partial charge in [0.25, 0.3) is 0 Å². The van der Waals surface area contributed by atoms with Gasteiger partial charge in [0.15, 0.2) is 0 Å². The first kappa shape index (κ1) is 18.1. The number of carbonyl (C=O) groups is 1. The van der Waals surface area contributed by atoms with E-state index in [1.54, 1.807) is 29.2 Å². The Bertz CT molecular complexity index is 864. The minimum absolute atomic E-state index is 0.0247. The first-order valence-corrected chi connectivity index (χ1v) is 10.2. The summed E-state index contributed by atoms with van der Waals surface area (Å²) in [6.45, 7) is 2.76. The summed E-state index contributed by atoms with van der Waals surface area (Å²) < 4.78 is 28.1. The van der Waals surface area contributed by atoms with Gasteiger partial charge in [0, 0.05) is 29.7 Å². The highest BCUT2D eigenvalue weighted by Crippen LogP contribution is 2.25. The van der Waals surface area contributed by atoms with Crippen molar-refractivity contribution in [2.45, 2.75) is 18.2 Å². The number of carbonyl (C=O) groups excluding carboxylic acids is 1. The molecule has 132 valence electrons. The number of amides is 1. The molecule has 25 heavy (non-hydrogen) atoms. The number of hydrogen-bond donors (Lipinski definition) is 1. The molecule has 1 aliphatic heterocycles. The molecule has 1 amide bonds. The molecular weight excluding hydrogens is 404 g/mol. The zero-order valence-corrected chi connectivity index (χ0v) is 16.2. The smallest absolute Gasteiger partial charge is 0.240 e. The van der Waals surface area contributed by atoms with Crippen LogP contribution < -0.4 is 9.62 Å². The Labute approximate surface area is 156 Å². The van der Waals surface area contributed by atoms with Crippen LogP contribution in [0.15, 0.2) is 57.9 Å². The van der Waals surface area contributed by atoms with Crippen LogP contribution in [0.1, 0.15) is 12.0 Å². The Morgan fingerprint density at radius 3 is 2.40 bits per heavy atom. The number of nitrogens with zero attached hydrogens (tertiary/aromatic N) is 1. The topological polar surface area (TPSA) is 66.5 Å². The van der Waals surface area contributed by atoms with Crippen molar-refractivity contribution in [1.29, 1.82) is 0 Å². The van der Waals surface area contributed by atoms with E-state index in [9.17, 15) is 13.2 Å². The molecular formula is C18H19BrN2O3S. The van der Waals surface area contributed by atoms with Crippen molar-refractivity contribution in [3.8, 4) is 0 Å². The normalized spacial score (nSPS) is 17.9. The van der Waals surface area contributed by atoms with Gasteiger partial charge in [-0.1, -0.05) is 33.6 Å². The van der Waals surface area contributed by atoms with Crippen LogP contribution in [0.4, 0.5) is 5.69 Å². The summed E-state index contributed by atoms with van der Waals surface area (Å²) in [6.07, 6.45) is 0.344. The Balaban J connectivity index is 1.63. The van der Waals surface area contributed by atoms with Crippen molar-refractivity contribution in [1.82, 2.24) is 4.72 Å². The standard InChI is InChI=1S/C18H19BrN2O3S/c1-13-2-6-16(7-3-13)21-12-14(10-18(21)22)11-20-25(23,24)17-8-4-15(19)5-9-17/h2-9,14,20H,10-12H2,1H3. The number of halogens is 1. The third-order valence-electron chi connectivity index (χ3n) is 4.24. The zero-order valence-electron chi connectivity index (χ0n) is 13.8. The molecule has 1 aliphatic rings. The second-order valence-electron chi connectivity index (χ2n) is 6.22. The van der Waals surface area contributed by atoms with E-state index in [0.29, 0.717) is 13.0 Å². The van der Waals surface area contributed by atoms with Crippen molar-refractivity contribution in [2.24, 2.45) is 5.92 Å². The second kappa shape index (κ2) is 7.27. The van der Waals surface area contributed by atoms with E-state index in [-0.39, 0.29) is 23.3 Å². The van der Waals surface area contributed by atoms with Crippen LogP contribution in [-0.4, -0.2) is 27.4 Å². The maximum Gasteiger partial charge on any atom is 0.240 e. The molecule has 1 saturated heterocycles. The summed E-state index contributed by atoms with van der Waals surface area (Å²) >= 11 is 3.29. The number of benzene rings is 2. The highest BCUT2D eigenvalue weighted by molar-refractivity contribution is 9.10. The molecule has 1 atom stereocenters. The molecule has 7 heteroatoms. The fourth-order valence-electron chi connectivity index (χ4n) is 2.82. The van der Waals surface area contributed by atoms with Gasteiger partial charge < -0.3 is 4.90 Å². The lowest BCUT2D eigenvalue weighted by molar-refractivity contribution is -0.117. The predicted molar refractivity (Wildman–Crippen MR) is 101 cm³/mol. The van der Waals surface area contributed by atoms with Gasteiger partial charge >= 0.3 is 0 Å². The average molecular weight is 423 g/mol. The van der Waals surface area contributed by atoms with E-state index in [1.165, 1.54) is 0 Å². The van der Waals surface area contributed by atoms with Crippen LogP contribution in [0.25, 0.3) is 0 Å².